The van der Waals surface area contributed by atoms with Crippen LogP contribution in [0.3, 0.4) is 0 Å². The Morgan fingerprint density at radius 1 is 1.29 bits per heavy atom. The molecule has 0 spiro atoms. The van der Waals surface area contributed by atoms with Crippen LogP contribution in [0.15, 0.2) is 30.0 Å². The fourth-order valence-corrected chi connectivity index (χ4v) is 1.99. The smallest absolute Gasteiger partial charge is 0.350 e. The van der Waals surface area contributed by atoms with Gasteiger partial charge in [-0.3, -0.25) is 0 Å². The standard InChI is InChI=1S/C16H17NO7/c1-4-22-12-6-5-9(13(18)19)7-11(12)17-8-10-14(20)23-16(2,3)24-15(10)21/h5-8,17H,4H2,1-3H3,(H,18,19). The van der Waals surface area contributed by atoms with Crippen LogP contribution in [0.25, 0.3) is 0 Å². The number of hydrogen-bond donors (Lipinski definition) is 2. The molecule has 128 valence electrons. The molecule has 0 radical (unpaired) electrons. The van der Waals surface area contributed by atoms with Crippen LogP contribution in [0.4, 0.5) is 5.69 Å². The first-order valence-corrected chi connectivity index (χ1v) is 7.17. The molecule has 2 rings (SSSR count). The number of hydrogen-bond acceptors (Lipinski definition) is 7. The molecule has 1 aliphatic rings. The van der Waals surface area contributed by atoms with Gasteiger partial charge >= 0.3 is 17.9 Å². The molecule has 1 aromatic rings. The van der Waals surface area contributed by atoms with Crippen LogP contribution >= 0.6 is 0 Å². The highest BCUT2D eigenvalue weighted by molar-refractivity contribution is 6.15. The fourth-order valence-electron chi connectivity index (χ4n) is 1.99. The Hall–Kier alpha value is -3.03. The van der Waals surface area contributed by atoms with E-state index >= 15 is 0 Å². The van der Waals surface area contributed by atoms with Gasteiger partial charge in [-0.15, -0.1) is 0 Å². The average molecular weight is 335 g/mol. The number of esters is 2. The maximum atomic E-state index is 11.9. The van der Waals surface area contributed by atoms with E-state index in [0.717, 1.165) is 6.20 Å². The van der Waals surface area contributed by atoms with Crippen molar-refractivity contribution in [2.45, 2.75) is 26.6 Å². The molecular weight excluding hydrogens is 318 g/mol. The molecule has 0 aromatic heterocycles. The van der Waals surface area contributed by atoms with Crippen molar-refractivity contribution in [3.63, 3.8) is 0 Å². The third kappa shape index (κ3) is 3.83. The van der Waals surface area contributed by atoms with Crippen molar-refractivity contribution < 1.29 is 33.7 Å². The van der Waals surface area contributed by atoms with Crippen LogP contribution in [0.1, 0.15) is 31.1 Å². The minimum Gasteiger partial charge on any atom is -0.492 e. The van der Waals surface area contributed by atoms with Gasteiger partial charge in [-0.25, -0.2) is 14.4 Å². The largest absolute Gasteiger partial charge is 0.492 e. The van der Waals surface area contributed by atoms with Crippen molar-refractivity contribution in [3.05, 3.63) is 35.5 Å². The van der Waals surface area contributed by atoms with Crippen LogP contribution in [0.5, 0.6) is 5.75 Å². The van der Waals surface area contributed by atoms with Crippen molar-refractivity contribution in [2.75, 3.05) is 11.9 Å². The zero-order valence-electron chi connectivity index (χ0n) is 13.4. The summed E-state index contributed by atoms with van der Waals surface area (Å²) < 4.78 is 15.3. The van der Waals surface area contributed by atoms with Crippen LogP contribution in [0, 0.1) is 0 Å². The summed E-state index contributed by atoms with van der Waals surface area (Å²) in [5.74, 6) is -3.75. The van der Waals surface area contributed by atoms with Crippen molar-refractivity contribution >= 4 is 23.6 Å². The minimum absolute atomic E-state index is 0.0225. The highest BCUT2D eigenvalue weighted by Crippen LogP contribution is 2.27. The van der Waals surface area contributed by atoms with Gasteiger partial charge in [0, 0.05) is 20.0 Å². The van der Waals surface area contributed by atoms with E-state index in [0.29, 0.717) is 12.4 Å². The summed E-state index contributed by atoms with van der Waals surface area (Å²) in [4.78, 5) is 34.8. The van der Waals surface area contributed by atoms with Crippen LogP contribution in [0.2, 0.25) is 0 Å². The molecule has 1 aromatic carbocycles. The topological polar surface area (TPSA) is 111 Å². The lowest BCUT2D eigenvalue weighted by molar-refractivity contribution is -0.222. The molecule has 8 nitrogen and oxygen atoms in total. The van der Waals surface area contributed by atoms with Gasteiger partial charge in [-0.1, -0.05) is 0 Å². The monoisotopic (exact) mass is 335 g/mol. The third-order valence-electron chi connectivity index (χ3n) is 3.02. The SMILES string of the molecule is CCOc1ccc(C(=O)O)cc1NC=C1C(=O)OC(C)(C)OC1=O. The molecule has 0 bridgehead atoms. The first kappa shape index (κ1) is 17.3. The molecule has 24 heavy (non-hydrogen) atoms. The van der Waals surface area contributed by atoms with Gasteiger partial charge in [0.25, 0.3) is 5.79 Å². The number of nitrogens with one attached hydrogen (secondary N) is 1. The van der Waals surface area contributed by atoms with E-state index in [-0.39, 0.29) is 16.8 Å². The predicted octanol–water partition coefficient (Wildman–Crippen LogP) is 1.92. The summed E-state index contributed by atoms with van der Waals surface area (Å²) in [6, 6.07) is 4.19. The molecule has 1 aliphatic heterocycles. The van der Waals surface area contributed by atoms with Crippen LogP contribution in [-0.2, 0) is 19.1 Å². The Labute approximate surface area is 138 Å². The van der Waals surface area contributed by atoms with E-state index in [9.17, 15) is 14.4 Å². The maximum Gasteiger partial charge on any atom is 0.350 e. The van der Waals surface area contributed by atoms with Crippen molar-refractivity contribution in [3.8, 4) is 5.75 Å². The van der Waals surface area contributed by atoms with E-state index in [1.54, 1.807) is 6.92 Å². The van der Waals surface area contributed by atoms with Gasteiger partial charge in [0.2, 0.25) is 0 Å². The summed E-state index contributed by atoms with van der Waals surface area (Å²) in [6.45, 7) is 5.01. The van der Waals surface area contributed by atoms with Crippen molar-refractivity contribution in [1.82, 2.24) is 0 Å². The molecule has 0 aliphatic carbocycles. The number of benzene rings is 1. The number of carbonyl (C=O) groups excluding carboxylic acids is 2. The van der Waals surface area contributed by atoms with Crippen molar-refractivity contribution in [1.29, 1.82) is 0 Å². The molecule has 1 fully saturated rings. The van der Waals surface area contributed by atoms with Crippen LogP contribution < -0.4 is 10.1 Å². The van der Waals surface area contributed by atoms with Gasteiger partial charge in [-0.05, 0) is 25.1 Å². The zero-order valence-corrected chi connectivity index (χ0v) is 13.4. The minimum atomic E-state index is -1.33. The van der Waals surface area contributed by atoms with Gasteiger partial charge in [-0.2, -0.15) is 0 Å². The van der Waals surface area contributed by atoms with E-state index in [2.05, 4.69) is 5.32 Å². The zero-order chi connectivity index (χ0) is 17.9. The number of aromatic carboxylic acids is 1. The second-order valence-electron chi connectivity index (χ2n) is 5.33. The molecule has 1 saturated heterocycles. The van der Waals surface area contributed by atoms with E-state index < -0.39 is 23.7 Å². The van der Waals surface area contributed by atoms with Gasteiger partial charge < -0.3 is 24.6 Å². The predicted molar refractivity (Wildman–Crippen MR) is 82.5 cm³/mol. The average Bonchev–Trinajstić information content (AvgIpc) is 2.46. The number of rotatable bonds is 5. The quantitative estimate of drug-likeness (QED) is 0.477. The van der Waals surface area contributed by atoms with Crippen LogP contribution in [-0.4, -0.2) is 35.4 Å². The second-order valence-corrected chi connectivity index (χ2v) is 5.33. The number of carbonyl (C=O) groups is 3. The summed E-state index contributed by atoms with van der Waals surface area (Å²) in [6.07, 6.45) is 1.10. The first-order chi connectivity index (χ1) is 11.2. The molecule has 0 saturated carbocycles. The van der Waals surface area contributed by atoms with E-state index in [1.165, 1.54) is 32.0 Å². The molecule has 0 atom stereocenters. The lowest BCUT2D eigenvalue weighted by Gasteiger charge is -2.29. The van der Waals surface area contributed by atoms with Gasteiger partial charge in [0.05, 0.1) is 17.9 Å². The van der Waals surface area contributed by atoms with E-state index in [1.807, 2.05) is 0 Å². The number of carboxylic acid groups (broad SMARTS) is 1. The molecule has 8 heteroatoms. The lowest BCUT2D eigenvalue weighted by Crippen LogP contribution is -2.42. The third-order valence-corrected chi connectivity index (χ3v) is 3.02. The Balaban J connectivity index is 2.29. The molecule has 1 heterocycles. The lowest BCUT2D eigenvalue weighted by atomic mass is 10.2. The molecule has 0 unspecified atom stereocenters. The molecule has 0 amide bonds. The molecule has 2 N–H and O–H groups in total. The Morgan fingerprint density at radius 3 is 2.46 bits per heavy atom. The normalized spacial score (nSPS) is 16.0. The summed E-state index contributed by atoms with van der Waals surface area (Å²) in [7, 11) is 0. The number of cyclic esters (lactones) is 2. The van der Waals surface area contributed by atoms with Crippen molar-refractivity contribution in [2.24, 2.45) is 0 Å². The Morgan fingerprint density at radius 2 is 1.92 bits per heavy atom. The summed E-state index contributed by atoms with van der Waals surface area (Å²) in [5, 5.41) is 11.8. The highest BCUT2D eigenvalue weighted by Gasteiger charge is 2.39. The highest BCUT2D eigenvalue weighted by atomic mass is 16.7. The summed E-state index contributed by atoms with van der Waals surface area (Å²) >= 11 is 0. The van der Waals surface area contributed by atoms with E-state index in [4.69, 9.17) is 19.3 Å². The second kappa shape index (κ2) is 6.61. The number of anilines is 1. The first-order valence-electron chi connectivity index (χ1n) is 7.17. The number of ether oxygens (including phenoxy) is 3. The number of carboxylic acids is 1. The fraction of sp³-hybridized carbons (Fsp3) is 0.312. The molecular formula is C16H17NO7. The summed E-state index contributed by atoms with van der Waals surface area (Å²) in [5.41, 5.74) is -0.0264. The van der Waals surface area contributed by atoms with Gasteiger partial charge in [0.1, 0.15) is 5.75 Å². The maximum absolute atomic E-state index is 11.9. The van der Waals surface area contributed by atoms with Gasteiger partial charge in [0.15, 0.2) is 5.57 Å². The Kier molecular flexibility index (Phi) is 4.77. The Bertz CT molecular complexity index is 699.